The summed E-state index contributed by atoms with van der Waals surface area (Å²) in [5, 5.41) is 0. The van der Waals surface area contributed by atoms with Crippen LogP contribution in [0.5, 0.6) is 0 Å². The van der Waals surface area contributed by atoms with Crippen LogP contribution in [0.1, 0.15) is 17.5 Å². The summed E-state index contributed by atoms with van der Waals surface area (Å²) in [4.78, 5) is 13.3. The first-order valence-electron chi connectivity index (χ1n) is 6.47. The van der Waals surface area contributed by atoms with E-state index in [0.717, 1.165) is 23.2 Å². The number of likely N-dealkylation sites (tertiary alicyclic amines) is 1. The summed E-state index contributed by atoms with van der Waals surface area (Å²) >= 11 is 0. The van der Waals surface area contributed by atoms with Gasteiger partial charge in [-0.3, -0.25) is 4.79 Å². The highest BCUT2D eigenvalue weighted by Crippen LogP contribution is 2.25. The number of nitrogens with zero attached hydrogens (tertiary/aromatic N) is 1. The van der Waals surface area contributed by atoms with Crippen LogP contribution in [0, 0.1) is 0 Å². The fourth-order valence-corrected chi connectivity index (χ4v) is 2.18. The van der Waals surface area contributed by atoms with Crippen molar-refractivity contribution >= 4 is 11.5 Å². The van der Waals surface area contributed by atoms with Gasteiger partial charge < -0.3 is 4.90 Å². The van der Waals surface area contributed by atoms with Gasteiger partial charge in [0.15, 0.2) is 0 Å². The van der Waals surface area contributed by atoms with Crippen LogP contribution < -0.4 is 0 Å². The van der Waals surface area contributed by atoms with Gasteiger partial charge in [-0.15, -0.1) is 0 Å². The lowest BCUT2D eigenvalue weighted by molar-refractivity contribution is -0.135. The Morgan fingerprint density at radius 3 is 1.79 bits per heavy atom. The molecular weight excluding hydrogens is 234 g/mol. The number of carbonyl (C=O) groups is 1. The van der Waals surface area contributed by atoms with Crippen LogP contribution in [0.3, 0.4) is 0 Å². The summed E-state index contributed by atoms with van der Waals surface area (Å²) in [5.74, 6) is 0.198. The van der Waals surface area contributed by atoms with Crippen LogP contribution in [0.2, 0.25) is 0 Å². The molecule has 3 rings (SSSR count). The van der Waals surface area contributed by atoms with Crippen molar-refractivity contribution in [1.29, 1.82) is 0 Å². The molecule has 2 aromatic carbocycles. The molecule has 0 radical (unpaired) electrons. The molecule has 0 unspecified atom stereocenters. The van der Waals surface area contributed by atoms with E-state index in [4.69, 9.17) is 0 Å². The molecule has 1 aliphatic rings. The number of rotatable bonds is 3. The zero-order valence-electron chi connectivity index (χ0n) is 10.6. The molecule has 0 aliphatic carbocycles. The minimum Gasteiger partial charge on any atom is -0.318 e. The third kappa shape index (κ3) is 2.43. The second-order valence-corrected chi connectivity index (χ2v) is 4.61. The minimum absolute atomic E-state index is 0.198. The van der Waals surface area contributed by atoms with Crippen LogP contribution in [-0.2, 0) is 4.79 Å². The maximum atomic E-state index is 11.5. The zero-order chi connectivity index (χ0) is 13.1. The van der Waals surface area contributed by atoms with E-state index in [2.05, 4.69) is 24.3 Å². The van der Waals surface area contributed by atoms with Crippen molar-refractivity contribution in [2.45, 2.75) is 6.42 Å². The van der Waals surface area contributed by atoms with Crippen molar-refractivity contribution in [3.05, 3.63) is 78.0 Å². The van der Waals surface area contributed by atoms with Gasteiger partial charge in [0.05, 0.1) is 0 Å². The van der Waals surface area contributed by atoms with E-state index >= 15 is 0 Å². The number of amides is 1. The molecule has 0 aromatic heterocycles. The number of carbonyl (C=O) groups excluding carboxylic acids is 1. The van der Waals surface area contributed by atoms with E-state index in [1.54, 1.807) is 4.90 Å². The van der Waals surface area contributed by atoms with Gasteiger partial charge in [0.25, 0.3) is 0 Å². The van der Waals surface area contributed by atoms with Crippen LogP contribution in [0.4, 0.5) is 0 Å². The first-order chi connectivity index (χ1) is 9.34. The summed E-state index contributed by atoms with van der Waals surface area (Å²) in [6.07, 6.45) is 2.63. The van der Waals surface area contributed by atoms with Gasteiger partial charge >= 0.3 is 0 Å². The molecule has 0 saturated carbocycles. The third-order valence-corrected chi connectivity index (χ3v) is 3.34. The lowest BCUT2D eigenvalue weighted by atomic mass is 9.98. The smallest absolute Gasteiger partial charge is 0.228 e. The molecule has 0 N–H and O–H groups in total. The van der Waals surface area contributed by atoms with Crippen LogP contribution >= 0.6 is 0 Å². The Hall–Kier alpha value is -2.35. The van der Waals surface area contributed by atoms with Gasteiger partial charge in [-0.25, -0.2) is 0 Å². The lowest BCUT2D eigenvalue weighted by Crippen LogP contribution is -2.39. The molecule has 2 nitrogen and oxygen atoms in total. The van der Waals surface area contributed by atoms with E-state index in [-0.39, 0.29) is 5.91 Å². The summed E-state index contributed by atoms with van der Waals surface area (Å²) in [7, 11) is 0. The molecule has 1 aliphatic heterocycles. The van der Waals surface area contributed by atoms with E-state index < -0.39 is 0 Å². The average molecular weight is 249 g/mol. The fourth-order valence-electron chi connectivity index (χ4n) is 2.18. The van der Waals surface area contributed by atoms with E-state index in [1.165, 1.54) is 0 Å². The molecule has 0 bridgehead atoms. The molecule has 0 atom stereocenters. The summed E-state index contributed by atoms with van der Waals surface area (Å²) < 4.78 is 0. The molecule has 1 heterocycles. The standard InChI is InChI=1S/C17H15NO/c19-17-11-12-18(17)13-16(14-7-3-1-4-8-14)15-9-5-2-6-10-15/h1-10,13H,11-12H2. The third-order valence-electron chi connectivity index (χ3n) is 3.34. The Bertz CT molecular complexity index is 560. The quantitative estimate of drug-likeness (QED) is 0.764. The molecule has 1 fully saturated rings. The number of β-lactam (4-membered cyclic amide) rings is 1. The Labute approximate surface area is 113 Å². The second-order valence-electron chi connectivity index (χ2n) is 4.61. The zero-order valence-corrected chi connectivity index (χ0v) is 10.6. The molecule has 1 saturated heterocycles. The number of hydrogen-bond acceptors (Lipinski definition) is 1. The first-order valence-corrected chi connectivity index (χ1v) is 6.47. The molecule has 0 spiro atoms. The fraction of sp³-hybridized carbons (Fsp3) is 0.118. The SMILES string of the molecule is O=C1CCN1C=C(c1ccccc1)c1ccccc1. The maximum Gasteiger partial charge on any atom is 0.228 e. The molecule has 2 heteroatoms. The number of benzene rings is 2. The highest BCUT2D eigenvalue weighted by atomic mass is 16.2. The summed E-state index contributed by atoms with van der Waals surface area (Å²) in [5.41, 5.74) is 3.36. The highest BCUT2D eigenvalue weighted by molar-refractivity contribution is 5.87. The van der Waals surface area contributed by atoms with E-state index in [1.807, 2.05) is 42.6 Å². The van der Waals surface area contributed by atoms with Crippen molar-refractivity contribution in [2.75, 3.05) is 6.54 Å². The van der Waals surface area contributed by atoms with Crippen molar-refractivity contribution < 1.29 is 4.79 Å². The Morgan fingerprint density at radius 2 is 1.42 bits per heavy atom. The normalized spacial score (nSPS) is 13.9. The van der Waals surface area contributed by atoms with Gasteiger partial charge in [0, 0.05) is 24.7 Å². The van der Waals surface area contributed by atoms with E-state index in [9.17, 15) is 4.79 Å². The average Bonchev–Trinajstić information content (AvgIpc) is 2.48. The van der Waals surface area contributed by atoms with Crippen LogP contribution in [0.25, 0.3) is 5.57 Å². The van der Waals surface area contributed by atoms with Crippen molar-refractivity contribution in [3.8, 4) is 0 Å². The topological polar surface area (TPSA) is 20.3 Å². The van der Waals surface area contributed by atoms with Gasteiger partial charge in [0.1, 0.15) is 0 Å². The summed E-state index contributed by atoms with van der Waals surface area (Å²) in [6.45, 7) is 0.821. The lowest BCUT2D eigenvalue weighted by Gasteiger charge is -2.28. The van der Waals surface area contributed by atoms with Gasteiger partial charge in [-0.2, -0.15) is 0 Å². The van der Waals surface area contributed by atoms with Crippen molar-refractivity contribution in [1.82, 2.24) is 4.90 Å². The minimum atomic E-state index is 0.198. The Kier molecular flexibility index (Phi) is 3.15. The second kappa shape index (κ2) is 5.11. The van der Waals surface area contributed by atoms with Crippen LogP contribution in [0.15, 0.2) is 66.9 Å². The summed E-state index contributed by atoms with van der Waals surface area (Å²) in [6, 6.07) is 20.4. The molecule has 2 aromatic rings. The first kappa shape index (κ1) is 11.7. The number of hydrogen-bond donors (Lipinski definition) is 0. The molecule has 94 valence electrons. The van der Waals surface area contributed by atoms with E-state index in [0.29, 0.717) is 6.42 Å². The highest BCUT2D eigenvalue weighted by Gasteiger charge is 2.22. The van der Waals surface area contributed by atoms with Gasteiger partial charge in [-0.05, 0) is 11.1 Å². The largest absolute Gasteiger partial charge is 0.318 e. The Balaban J connectivity index is 2.04. The predicted molar refractivity (Wildman–Crippen MR) is 76.3 cm³/mol. The van der Waals surface area contributed by atoms with Crippen molar-refractivity contribution in [3.63, 3.8) is 0 Å². The predicted octanol–water partition coefficient (Wildman–Crippen LogP) is 3.31. The monoisotopic (exact) mass is 249 g/mol. The molecule has 1 amide bonds. The van der Waals surface area contributed by atoms with Gasteiger partial charge in [-0.1, -0.05) is 60.7 Å². The maximum absolute atomic E-state index is 11.5. The Morgan fingerprint density at radius 1 is 0.895 bits per heavy atom. The van der Waals surface area contributed by atoms with Gasteiger partial charge in [0.2, 0.25) is 5.91 Å². The van der Waals surface area contributed by atoms with Crippen LogP contribution in [-0.4, -0.2) is 17.4 Å². The molecular formula is C17H15NO. The van der Waals surface area contributed by atoms with Crippen molar-refractivity contribution in [2.24, 2.45) is 0 Å². The molecule has 19 heavy (non-hydrogen) atoms.